The van der Waals surface area contributed by atoms with E-state index in [2.05, 4.69) is 80.7 Å². The minimum Gasteiger partial charge on any atom is -1.00 e. The number of halogens is 2. The third-order valence-electron chi connectivity index (χ3n) is 5.55. The number of aryl methyl sites for hydroxylation is 3. The summed E-state index contributed by atoms with van der Waals surface area (Å²) in [6, 6.07) is 14.9. The van der Waals surface area contributed by atoms with E-state index in [0.29, 0.717) is 0 Å². The van der Waals surface area contributed by atoms with E-state index >= 15 is 0 Å². The molecule has 0 saturated heterocycles. The molecule has 0 aliphatic rings. The van der Waals surface area contributed by atoms with Gasteiger partial charge in [0.25, 0.3) is 11.7 Å². The van der Waals surface area contributed by atoms with E-state index in [4.69, 9.17) is 23.1 Å². The number of benzene rings is 2. The number of nitrogen functional groups attached to an aromatic ring is 2. The Hall–Kier alpha value is -2.92. The molecule has 0 unspecified atom stereocenters. The Kier molecular flexibility index (Phi) is 7.43. The van der Waals surface area contributed by atoms with E-state index in [1.165, 1.54) is 5.56 Å². The lowest BCUT2D eigenvalue weighted by Crippen LogP contribution is -3.00. The molecule has 10 heteroatoms. The van der Waals surface area contributed by atoms with Crippen LogP contribution in [0.15, 0.2) is 42.5 Å². The Labute approximate surface area is 214 Å². The molecule has 0 aliphatic carbocycles. The van der Waals surface area contributed by atoms with Gasteiger partial charge in [0.1, 0.15) is 6.54 Å². The van der Waals surface area contributed by atoms with Crippen LogP contribution in [0.2, 0.25) is 5.15 Å². The van der Waals surface area contributed by atoms with Crippen LogP contribution in [0.4, 0.5) is 11.6 Å². The van der Waals surface area contributed by atoms with E-state index in [-0.39, 0.29) is 53.0 Å². The average molecular weight is 578 g/mol. The summed E-state index contributed by atoms with van der Waals surface area (Å²) in [7, 11) is 1.98. The van der Waals surface area contributed by atoms with Crippen molar-refractivity contribution in [3.8, 4) is 11.1 Å². The third-order valence-corrected chi connectivity index (χ3v) is 5.83. The maximum atomic E-state index is 12.7. The number of rotatable bonds is 5. The van der Waals surface area contributed by atoms with Gasteiger partial charge >= 0.3 is 0 Å². The second-order valence-corrected chi connectivity index (χ2v) is 7.96. The lowest BCUT2D eigenvalue weighted by atomic mass is 10.0. The van der Waals surface area contributed by atoms with Gasteiger partial charge in [-0.2, -0.15) is 0 Å². The molecule has 0 fully saturated rings. The van der Waals surface area contributed by atoms with Crippen molar-refractivity contribution in [3.63, 3.8) is 0 Å². The topological polar surface area (TPSA) is 116 Å². The lowest BCUT2D eigenvalue weighted by Gasteiger charge is -2.07. The van der Waals surface area contributed by atoms with Crippen LogP contribution in [0.5, 0.6) is 0 Å². The zero-order valence-electron chi connectivity index (χ0n) is 18.6. The summed E-state index contributed by atoms with van der Waals surface area (Å²) in [5, 5.41) is 2.81. The van der Waals surface area contributed by atoms with Crippen molar-refractivity contribution < 1.29 is 33.3 Å². The van der Waals surface area contributed by atoms with Crippen LogP contribution in [0.1, 0.15) is 28.8 Å². The average Bonchev–Trinajstić information content (AvgIpc) is 3.05. The summed E-state index contributed by atoms with van der Waals surface area (Å²) in [6.07, 6.45) is 0. The van der Waals surface area contributed by atoms with Crippen molar-refractivity contribution in [1.29, 1.82) is 0 Å². The largest absolute Gasteiger partial charge is 1.00 e. The number of amides is 1. The number of carbonyl (C=O) groups is 1. The molecule has 4 rings (SSSR count). The van der Waals surface area contributed by atoms with Crippen LogP contribution in [0.3, 0.4) is 0 Å². The lowest BCUT2D eigenvalue weighted by molar-refractivity contribution is -0.654. The van der Waals surface area contributed by atoms with E-state index in [9.17, 15) is 4.79 Å². The van der Waals surface area contributed by atoms with Gasteiger partial charge in [-0.1, -0.05) is 41.4 Å². The fraction of sp³-hybridized carbons (Fsp3) is 0.217. The highest BCUT2D eigenvalue weighted by atomic mass is 127. The van der Waals surface area contributed by atoms with Crippen molar-refractivity contribution in [1.82, 2.24) is 19.9 Å². The molecule has 1 amide bonds. The van der Waals surface area contributed by atoms with Crippen LogP contribution in [-0.4, -0.2) is 20.4 Å². The molecule has 4 aromatic rings. The van der Waals surface area contributed by atoms with Gasteiger partial charge < -0.3 is 40.8 Å². The molecule has 2 aromatic carbocycles. The molecule has 2 heterocycles. The van der Waals surface area contributed by atoms with Crippen LogP contribution in [0.25, 0.3) is 22.2 Å². The number of nitrogens with two attached hydrogens (primary N) is 2. The monoisotopic (exact) mass is 577 g/mol. The van der Waals surface area contributed by atoms with Crippen molar-refractivity contribution in [3.05, 3.63) is 64.7 Å². The Morgan fingerprint density at radius 3 is 2.42 bits per heavy atom. The number of aromatic nitrogens is 4. The van der Waals surface area contributed by atoms with Gasteiger partial charge in [0, 0.05) is 0 Å². The summed E-state index contributed by atoms with van der Waals surface area (Å²) in [6.45, 7) is 5.18. The smallest absolute Gasteiger partial charge is 0.276 e. The number of fused-ring (bicyclic) bond motifs is 1. The number of anilines is 2. The van der Waals surface area contributed by atoms with E-state index in [1.54, 1.807) is 0 Å². The van der Waals surface area contributed by atoms with Crippen LogP contribution >= 0.6 is 11.6 Å². The van der Waals surface area contributed by atoms with Crippen molar-refractivity contribution in [2.24, 2.45) is 7.05 Å². The number of imidazole rings is 1. The number of carbonyl (C=O) groups excluding carboxylic acids is 1. The molecule has 8 nitrogen and oxygen atoms in total. The Balaban J connectivity index is 0.00000306. The molecule has 0 bridgehead atoms. The molecular formula is C23H25ClIN7O. The van der Waals surface area contributed by atoms with Gasteiger partial charge in [0.2, 0.25) is 0 Å². The molecule has 172 valence electrons. The maximum absolute atomic E-state index is 12.7. The van der Waals surface area contributed by atoms with Gasteiger partial charge in [-0.3, -0.25) is 4.79 Å². The van der Waals surface area contributed by atoms with Gasteiger partial charge in [0.15, 0.2) is 33.5 Å². The minimum atomic E-state index is -0.467. The molecule has 33 heavy (non-hydrogen) atoms. The van der Waals surface area contributed by atoms with Crippen molar-refractivity contribution in [2.45, 2.75) is 26.9 Å². The van der Waals surface area contributed by atoms with Crippen LogP contribution < -0.4 is 45.3 Å². The second-order valence-electron chi connectivity index (χ2n) is 7.61. The van der Waals surface area contributed by atoms with Crippen LogP contribution in [-0.2, 0) is 20.1 Å². The molecule has 0 spiro atoms. The SMILES string of the molecule is CCn1c(CNC(=O)c2nc(Cl)c(N)nc2N)[n+](C)c2ccc(-c3ccc(C)cc3)cc21.[I-]. The number of nitrogens with zero attached hydrogens (tertiary/aromatic N) is 4. The first-order valence-electron chi connectivity index (χ1n) is 10.2. The van der Waals surface area contributed by atoms with Gasteiger partial charge in [0.05, 0.1) is 13.6 Å². The summed E-state index contributed by atoms with van der Waals surface area (Å²) in [5.74, 6) is 0.394. The fourth-order valence-corrected chi connectivity index (χ4v) is 3.95. The number of hydrogen-bond donors (Lipinski definition) is 3. The highest BCUT2D eigenvalue weighted by Gasteiger charge is 2.24. The van der Waals surface area contributed by atoms with E-state index < -0.39 is 5.91 Å². The van der Waals surface area contributed by atoms with Gasteiger partial charge in [-0.25, -0.2) is 19.1 Å². The molecule has 0 saturated carbocycles. The Morgan fingerprint density at radius 2 is 1.76 bits per heavy atom. The summed E-state index contributed by atoms with van der Waals surface area (Å²) in [4.78, 5) is 20.5. The first kappa shape index (κ1) is 24.7. The summed E-state index contributed by atoms with van der Waals surface area (Å²) < 4.78 is 4.25. The highest BCUT2D eigenvalue weighted by Crippen LogP contribution is 2.25. The highest BCUT2D eigenvalue weighted by molar-refractivity contribution is 6.31. The second kappa shape index (κ2) is 9.92. The molecule has 0 radical (unpaired) electrons. The maximum Gasteiger partial charge on any atom is 0.276 e. The Bertz CT molecular complexity index is 1340. The first-order valence-corrected chi connectivity index (χ1v) is 10.6. The number of hydrogen-bond acceptors (Lipinski definition) is 5. The molecular weight excluding hydrogens is 553 g/mol. The predicted molar refractivity (Wildman–Crippen MR) is 126 cm³/mol. The zero-order chi connectivity index (χ0) is 23.0. The minimum absolute atomic E-state index is 0. The summed E-state index contributed by atoms with van der Waals surface area (Å²) in [5.41, 5.74) is 17.0. The van der Waals surface area contributed by atoms with Crippen molar-refractivity contribution in [2.75, 3.05) is 11.5 Å². The molecule has 5 N–H and O–H groups in total. The van der Waals surface area contributed by atoms with E-state index in [1.807, 2.05) is 7.05 Å². The molecule has 0 aliphatic heterocycles. The standard InChI is InChI=1S/C23H24ClN7O.HI/c1-4-31-17-11-15(14-7-5-13(2)6-8-14)9-10-16(17)30(3)18(31)12-27-23(32)19-21(25)29-22(26)20(24)28-19;/h5-11H,4,12H2,1-3H3,(H4-,25,26,27,29,32);1H. The van der Waals surface area contributed by atoms with Crippen molar-refractivity contribution >= 4 is 40.2 Å². The normalized spacial score (nSPS) is 10.8. The fourth-order valence-electron chi connectivity index (χ4n) is 3.83. The molecule has 2 aromatic heterocycles. The summed E-state index contributed by atoms with van der Waals surface area (Å²) >= 11 is 5.90. The molecule has 0 atom stereocenters. The Morgan fingerprint density at radius 1 is 1.09 bits per heavy atom. The van der Waals surface area contributed by atoms with Crippen LogP contribution in [0, 0.1) is 6.92 Å². The zero-order valence-corrected chi connectivity index (χ0v) is 21.5. The third kappa shape index (κ3) is 4.74. The van der Waals surface area contributed by atoms with E-state index in [0.717, 1.165) is 34.5 Å². The quantitative estimate of drug-likeness (QED) is 0.228. The van der Waals surface area contributed by atoms with Gasteiger partial charge in [-0.05, 0) is 43.2 Å². The predicted octanol–water partition coefficient (Wildman–Crippen LogP) is 0.00292. The first-order chi connectivity index (χ1) is 15.3. The van der Waals surface area contributed by atoms with Gasteiger partial charge in [-0.15, -0.1) is 0 Å². The number of nitrogens with one attached hydrogen (secondary N) is 1.